The minimum atomic E-state index is 0.129. The summed E-state index contributed by atoms with van der Waals surface area (Å²) in [6.45, 7) is 2.18. The lowest BCUT2D eigenvalue weighted by Gasteiger charge is -2.19. The number of benzene rings is 1. The lowest BCUT2D eigenvalue weighted by Crippen LogP contribution is -2.25. The molecule has 0 saturated heterocycles. The molecule has 0 heterocycles. The first-order valence-corrected chi connectivity index (χ1v) is 8.00. The van der Waals surface area contributed by atoms with Crippen LogP contribution in [0, 0.1) is 0 Å². The summed E-state index contributed by atoms with van der Waals surface area (Å²) in [7, 11) is 2.16. The molecule has 0 aliphatic carbocycles. The molecule has 1 aromatic carbocycles. The van der Waals surface area contributed by atoms with Gasteiger partial charge in [-0.1, -0.05) is 28.1 Å². The number of halogens is 1. The molecular weight excluding hydrogens is 296 g/mol. The van der Waals surface area contributed by atoms with Gasteiger partial charge in [-0.3, -0.25) is 0 Å². The van der Waals surface area contributed by atoms with Crippen molar-refractivity contribution < 1.29 is 0 Å². The highest BCUT2D eigenvalue weighted by Gasteiger charge is 2.07. The third-order valence-corrected chi connectivity index (χ3v) is 3.86. The minimum absolute atomic E-state index is 0.129. The lowest BCUT2D eigenvalue weighted by atomic mass is 10.0. The normalized spacial score (nSPS) is 13.0. The summed E-state index contributed by atoms with van der Waals surface area (Å²) >= 11 is 5.36. The molecule has 0 aliphatic rings. The molecule has 0 saturated carbocycles. The molecule has 96 valence electrons. The van der Waals surface area contributed by atoms with Crippen LogP contribution in [0.5, 0.6) is 0 Å². The van der Waals surface area contributed by atoms with Crippen LogP contribution in [0.3, 0.4) is 0 Å². The van der Waals surface area contributed by atoms with Gasteiger partial charge in [-0.15, -0.1) is 0 Å². The summed E-state index contributed by atoms with van der Waals surface area (Å²) < 4.78 is 1.10. The van der Waals surface area contributed by atoms with E-state index in [0.717, 1.165) is 24.0 Å². The number of hydrogen-bond donors (Lipinski definition) is 1. The largest absolute Gasteiger partial charge is 0.324 e. The van der Waals surface area contributed by atoms with E-state index in [-0.39, 0.29) is 6.04 Å². The molecular formula is C13H21BrN2S. The van der Waals surface area contributed by atoms with Crippen molar-refractivity contribution in [3.63, 3.8) is 0 Å². The topological polar surface area (TPSA) is 29.3 Å². The quantitative estimate of drug-likeness (QED) is 0.838. The zero-order valence-corrected chi connectivity index (χ0v) is 12.9. The first-order valence-electron chi connectivity index (χ1n) is 5.82. The average Bonchev–Trinajstić information content (AvgIpc) is 2.33. The Labute approximate surface area is 117 Å². The average molecular weight is 317 g/mol. The van der Waals surface area contributed by atoms with E-state index in [0.29, 0.717) is 0 Å². The van der Waals surface area contributed by atoms with E-state index < -0.39 is 0 Å². The Kier molecular flexibility index (Phi) is 7.19. The zero-order valence-electron chi connectivity index (χ0n) is 10.5. The van der Waals surface area contributed by atoms with E-state index in [1.807, 2.05) is 23.9 Å². The van der Waals surface area contributed by atoms with Gasteiger partial charge >= 0.3 is 0 Å². The van der Waals surface area contributed by atoms with Crippen LogP contribution >= 0.6 is 27.7 Å². The van der Waals surface area contributed by atoms with Crippen molar-refractivity contribution in [1.29, 1.82) is 0 Å². The summed E-state index contributed by atoms with van der Waals surface area (Å²) in [6, 6.07) is 8.39. The SMILES string of the molecule is CSCCN(C)CCC(N)c1cccc(Br)c1. The van der Waals surface area contributed by atoms with Crippen molar-refractivity contribution in [2.45, 2.75) is 12.5 Å². The van der Waals surface area contributed by atoms with E-state index in [4.69, 9.17) is 5.73 Å². The Hall–Kier alpha value is -0.0300. The molecule has 0 amide bonds. The van der Waals surface area contributed by atoms with Crippen molar-refractivity contribution in [3.05, 3.63) is 34.3 Å². The molecule has 1 aromatic rings. The predicted molar refractivity (Wildman–Crippen MR) is 81.6 cm³/mol. The Balaban J connectivity index is 2.36. The fourth-order valence-electron chi connectivity index (χ4n) is 1.62. The van der Waals surface area contributed by atoms with Crippen molar-refractivity contribution in [2.24, 2.45) is 5.73 Å². The highest BCUT2D eigenvalue weighted by atomic mass is 79.9. The number of nitrogens with two attached hydrogens (primary N) is 1. The number of nitrogens with zero attached hydrogens (tertiary/aromatic N) is 1. The molecule has 2 N–H and O–H groups in total. The lowest BCUT2D eigenvalue weighted by molar-refractivity contribution is 0.337. The van der Waals surface area contributed by atoms with Crippen LogP contribution in [-0.2, 0) is 0 Å². The Morgan fingerprint density at radius 2 is 2.18 bits per heavy atom. The molecule has 0 fully saturated rings. The van der Waals surface area contributed by atoms with E-state index >= 15 is 0 Å². The van der Waals surface area contributed by atoms with Gasteiger partial charge in [0.05, 0.1) is 0 Å². The van der Waals surface area contributed by atoms with Crippen LogP contribution in [0.25, 0.3) is 0 Å². The molecule has 0 aliphatic heterocycles. The van der Waals surface area contributed by atoms with Crippen LogP contribution in [-0.4, -0.2) is 37.0 Å². The second-order valence-corrected chi connectivity index (χ2v) is 6.15. The van der Waals surface area contributed by atoms with E-state index in [2.05, 4.69) is 46.3 Å². The van der Waals surface area contributed by atoms with Crippen molar-refractivity contribution in [1.82, 2.24) is 4.90 Å². The monoisotopic (exact) mass is 316 g/mol. The minimum Gasteiger partial charge on any atom is -0.324 e. The molecule has 0 spiro atoms. The smallest absolute Gasteiger partial charge is 0.0307 e. The Bertz CT molecular complexity index is 333. The molecule has 17 heavy (non-hydrogen) atoms. The maximum atomic E-state index is 6.19. The molecule has 0 bridgehead atoms. The van der Waals surface area contributed by atoms with Crippen LogP contribution in [0.1, 0.15) is 18.0 Å². The van der Waals surface area contributed by atoms with Gasteiger partial charge in [-0.2, -0.15) is 11.8 Å². The molecule has 4 heteroatoms. The van der Waals surface area contributed by atoms with Gasteiger partial charge in [-0.05, 0) is 44.0 Å². The van der Waals surface area contributed by atoms with Crippen molar-refractivity contribution in [2.75, 3.05) is 32.1 Å². The van der Waals surface area contributed by atoms with Gasteiger partial charge in [0.1, 0.15) is 0 Å². The van der Waals surface area contributed by atoms with Crippen LogP contribution in [0.15, 0.2) is 28.7 Å². The number of thioether (sulfide) groups is 1. The van der Waals surface area contributed by atoms with Gasteiger partial charge in [-0.25, -0.2) is 0 Å². The third-order valence-electron chi connectivity index (χ3n) is 2.78. The summed E-state index contributed by atoms with van der Waals surface area (Å²) in [6.07, 6.45) is 3.14. The van der Waals surface area contributed by atoms with E-state index in [9.17, 15) is 0 Å². The van der Waals surface area contributed by atoms with Gasteiger partial charge in [0.15, 0.2) is 0 Å². The fraction of sp³-hybridized carbons (Fsp3) is 0.538. The summed E-state index contributed by atoms with van der Waals surface area (Å²) in [5.74, 6) is 1.18. The standard InChI is InChI=1S/C13H21BrN2S/c1-16(8-9-17-2)7-6-13(15)11-4-3-5-12(14)10-11/h3-5,10,13H,6-9,15H2,1-2H3. The highest BCUT2D eigenvalue weighted by molar-refractivity contribution is 9.10. The predicted octanol–water partition coefficient (Wildman–Crippen LogP) is 3.13. The zero-order chi connectivity index (χ0) is 12.7. The second kappa shape index (κ2) is 8.14. The van der Waals surface area contributed by atoms with Crippen molar-refractivity contribution in [3.8, 4) is 0 Å². The summed E-state index contributed by atoms with van der Waals surface area (Å²) in [4.78, 5) is 2.34. The maximum absolute atomic E-state index is 6.19. The first-order chi connectivity index (χ1) is 8.13. The van der Waals surface area contributed by atoms with Crippen LogP contribution in [0.4, 0.5) is 0 Å². The fourth-order valence-corrected chi connectivity index (χ4v) is 2.53. The van der Waals surface area contributed by atoms with Crippen molar-refractivity contribution >= 4 is 27.7 Å². The molecule has 0 aromatic heterocycles. The Morgan fingerprint density at radius 1 is 1.41 bits per heavy atom. The first kappa shape index (κ1) is 15.0. The summed E-state index contributed by atoms with van der Waals surface area (Å²) in [5, 5.41) is 0. The molecule has 1 atom stereocenters. The van der Waals surface area contributed by atoms with Gasteiger partial charge in [0, 0.05) is 22.8 Å². The number of hydrogen-bond acceptors (Lipinski definition) is 3. The van der Waals surface area contributed by atoms with Crippen LogP contribution < -0.4 is 5.73 Å². The molecule has 0 radical (unpaired) electrons. The third kappa shape index (κ3) is 5.91. The maximum Gasteiger partial charge on any atom is 0.0307 e. The molecule has 1 unspecified atom stereocenters. The van der Waals surface area contributed by atoms with Crippen LogP contribution in [0.2, 0.25) is 0 Å². The summed E-state index contributed by atoms with van der Waals surface area (Å²) in [5.41, 5.74) is 7.39. The highest BCUT2D eigenvalue weighted by Crippen LogP contribution is 2.18. The van der Waals surface area contributed by atoms with E-state index in [1.54, 1.807) is 0 Å². The van der Waals surface area contributed by atoms with Gasteiger partial charge in [0.25, 0.3) is 0 Å². The molecule has 1 rings (SSSR count). The number of rotatable bonds is 7. The molecule has 2 nitrogen and oxygen atoms in total. The second-order valence-electron chi connectivity index (χ2n) is 4.25. The Morgan fingerprint density at radius 3 is 2.82 bits per heavy atom. The van der Waals surface area contributed by atoms with E-state index in [1.165, 1.54) is 11.3 Å². The van der Waals surface area contributed by atoms with Gasteiger partial charge in [0.2, 0.25) is 0 Å². The van der Waals surface area contributed by atoms with Gasteiger partial charge < -0.3 is 10.6 Å².